The summed E-state index contributed by atoms with van der Waals surface area (Å²) in [6.07, 6.45) is 2.07. The van der Waals surface area contributed by atoms with Crippen molar-refractivity contribution in [3.63, 3.8) is 0 Å². The number of sulfonamides is 1. The van der Waals surface area contributed by atoms with Crippen molar-refractivity contribution in [2.45, 2.75) is 18.2 Å². The van der Waals surface area contributed by atoms with E-state index in [9.17, 15) is 13.2 Å². The Balaban J connectivity index is 1.49. The number of fused-ring (bicyclic) bond motifs is 1. The largest absolute Gasteiger partial charge is 0.361 e. The summed E-state index contributed by atoms with van der Waals surface area (Å²) >= 11 is 0. The second-order valence-corrected chi connectivity index (χ2v) is 7.86. The van der Waals surface area contributed by atoms with Crippen LogP contribution in [0.2, 0.25) is 0 Å². The first-order chi connectivity index (χ1) is 12.5. The average molecular weight is 371 g/mol. The third kappa shape index (κ3) is 4.30. The van der Waals surface area contributed by atoms with Crippen molar-refractivity contribution in [2.75, 3.05) is 13.1 Å². The van der Waals surface area contributed by atoms with Crippen LogP contribution in [-0.2, 0) is 21.2 Å². The molecule has 1 amide bonds. The quantitative estimate of drug-likeness (QED) is 0.556. The molecule has 136 valence electrons. The van der Waals surface area contributed by atoms with Gasteiger partial charge in [-0.15, -0.1) is 0 Å². The van der Waals surface area contributed by atoms with Gasteiger partial charge in [0.15, 0.2) is 0 Å². The van der Waals surface area contributed by atoms with E-state index < -0.39 is 10.0 Å². The molecular formula is C19H21N3O3S. The Bertz CT molecular complexity index is 1010. The van der Waals surface area contributed by atoms with E-state index in [1.54, 1.807) is 24.3 Å². The van der Waals surface area contributed by atoms with Gasteiger partial charge in [0, 0.05) is 30.2 Å². The molecule has 6 nitrogen and oxygen atoms in total. The molecular weight excluding hydrogens is 350 g/mol. The zero-order chi connectivity index (χ0) is 18.6. The molecule has 0 radical (unpaired) electrons. The summed E-state index contributed by atoms with van der Waals surface area (Å²) in [6, 6.07) is 14.4. The average Bonchev–Trinajstić information content (AvgIpc) is 3.02. The van der Waals surface area contributed by atoms with Gasteiger partial charge >= 0.3 is 0 Å². The number of benzene rings is 2. The number of carbonyl (C=O) groups is 1. The Labute approximate surface area is 152 Å². The lowest BCUT2D eigenvalue weighted by Gasteiger charge is -2.08. The number of nitrogens with one attached hydrogen (secondary N) is 3. The van der Waals surface area contributed by atoms with Crippen LogP contribution in [0.5, 0.6) is 0 Å². The number of aryl methyl sites for hydroxylation is 1. The first kappa shape index (κ1) is 18.2. The van der Waals surface area contributed by atoms with Crippen molar-refractivity contribution in [2.24, 2.45) is 0 Å². The number of H-pyrrole nitrogens is 1. The van der Waals surface area contributed by atoms with E-state index in [2.05, 4.69) is 15.0 Å². The molecule has 0 aliphatic heterocycles. The fourth-order valence-electron chi connectivity index (χ4n) is 2.70. The Morgan fingerprint density at radius 1 is 1.04 bits per heavy atom. The second-order valence-electron chi connectivity index (χ2n) is 6.10. The maximum Gasteiger partial charge on any atom is 0.240 e. The summed E-state index contributed by atoms with van der Waals surface area (Å²) < 4.78 is 26.8. The Morgan fingerprint density at radius 3 is 2.54 bits per heavy atom. The van der Waals surface area contributed by atoms with Crippen molar-refractivity contribution in [3.05, 3.63) is 65.9 Å². The number of amides is 1. The second kappa shape index (κ2) is 7.72. The predicted molar refractivity (Wildman–Crippen MR) is 101 cm³/mol. The summed E-state index contributed by atoms with van der Waals surface area (Å²) in [7, 11) is -3.56. The molecule has 0 aliphatic carbocycles. The third-order valence-corrected chi connectivity index (χ3v) is 5.57. The molecule has 3 N–H and O–H groups in total. The summed E-state index contributed by atoms with van der Waals surface area (Å²) in [5.74, 6) is -0.149. The highest BCUT2D eigenvalue weighted by Gasteiger charge is 2.13. The van der Waals surface area contributed by atoms with Gasteiger partial charge in [-0.2, -0.15) is 0 Å². The van der Waals surface area contributed by atoms with Gasteiger partial charge < -0.3 is 10.3 Å². The van der Waals surface area contributed by atoms with Crippen molar-refractivity contribution >= 4 is 26.8 Å². The zero-order valence-electron chi connectivity index (χ0n) is 14.5. The Kier molecular flexibility index (Phi) is 5.39. The molecule has 1 heterocycles. The van der Waals surface area contributed by atoms with Crippen LogP contribution in [0.3, 0.4) is 0 Å². The fraction of sp³-hybridized carbons (Fsp3) is 0.211. The molecule has 2 aromatic carbocycles. The molecule has 0 aliphatic rings. The molecule has 0 saturated carbocycles. The van der Waals surface area contributed by atoms with Crippen LogP contribution in [0, 0.1) is 6.92 Å². The lowest BCUT2D eigenvalue weighted by Crippen LogP contribution is -2.35. The maximum absolute atomic E-state index is 12.2. The number of aromatic amines is 1. The van der Waals surface area contributed by atoms with E-state index in [-0.39, 0.29) is 30.3 Å². The topological polar surface area (TPSA) is 91.1 Å². The highest BCUT2D eigenvalue weighted by atomic mass is 32.2. The maximum atomic E-state index is 12.2. The number of hydrogen-bond acceptors (Lipinski definition) is 3. The van der Waals surface area contributed by atoms with Gasteiger partial charge in [0.25, 0.3) is 0 Å². The van der Waals surface area contributed by atoms with Crippen molar-refractivity contribution in [1.29, 1.82) is 0 Å². The van der Waals surface area contributed by atoms with E-state index in [4.69, 9.17) is 0 Å². The molecule has 0 unspecified atom stereocenters. The number of rotatable bonds is 7. The van der Waals surface area contributed by atoms with Crippen LogP contribution in [0.4, 0.5) is 0 Å². The normalized spacial score (nSPS) is 11.6. The zero-order valence-corrected chi connectivity index (χ0v) is 15.3. The highest BCUT2D eigenvalue weighted by Crippen LogP contribution is 2.17. The molecule has 26 heavy (non-hydrogen) atoms. The van der Waals surface area contributed by atoms with Gasteiger partial charge in [0.1, 0.15) is 0 Å². The van der Waals surface area contributed by atoms with E-state index in [0.717, 1.165) is 22.0 Å². The summed E-state index contributed by atoms with van der Waals surface area (Å²) in [6.45, 7) is 2.26. The van der Waals surface area contributed by atoms with Crippen molar-refractivity contribution in [3.8, 4) is 0 Å². The summed E-state index contributed by atoms with van der Waals surface area (Å²) in [5, 5.41) is 3.76. The summed E-state index contributed by atoms with van der Waals surface area (Å²) in [5.41, 5.74) is 2.90. The molecule has 0 atom stereocenters. The molecule has 0 fully saturated rings. The van der Waals surface area contributed by atoms with Gasteiger partial charge in [-0.3, -0.25) is 4.79 Å². The van der Waals surface area contributed by atoms with Gasteiger partial charge in [0.2, 0.25) is 15.9 Å². The fourth-order valence-corrected chi connectivity index (χ4v) is 3.73. The van der Waals surface area contributed by atoms with Gasteiger partial charge in [-0.1, -0.05) is 35.9 Å². The van der Waals surface area contributed by atoms with Crippen molar-refractivity contribution < 1.29 is 13.2 Å². The standard InChI is InChI=1S/C19H21N3O3S/c1-14-6-8-16(9-7-14)26(24,25)22-11-10-20-19(23)12-15-13-21-18-5-3-2-4-17(15)18/h2-9,13,21-22H,10-12H2,1H3,(H,20,23). The smallest absolute Gasteiger partial charge is 0.240 e. The molecule has 0 saturated heterocycles. The van der Waals surface area contributed by atoms with Crippen LogP contribution in [0.15, 0.2) is 59.6 Å². The third-order valence-electron chi connectivity index (χ3n) is 4.10. The van der Waals surface area contributed by atoms with Gasteiger partial charge in [0.05, 0.1) is 11.3 Å². The minimum atomic E-state index is -3.56. The molecule has 3 aromatic rings. The van der Waals surface area contributed by atoms with Crippen molar-refractivity contribution in [1.82, 2.24) is 15.0 Å². The van der Waals surface area contributed by atoms with E-state index in [1.165, 1.54) is 0 Å². The predicted octanol–water partition coefficient (Wildman–Crippen LogP) is 2.11. The van der Waals surface area contributed by atoms with Gasteiger partial charge in [-0.25, -0.2) is 13.1 Å². The van der Waals surface area contributed by atoms with Crippen LogP contribution in [0.25, 0.3) is 10.9 Å². The minimum absolute atomic E-state index is 0.135. The van der Waals surface area contributed by atoms with E-state index in [1.807, 2.05) is 37.4 Å². The lowest BCUT2D eigenvalue weighted by atomic mass is 10.1. The summed E-state index contributed by atoms with van der Waals surface area (Å²) in [4.78, 5) is 15.4. The highest BCUT2D eigenvalue weighted by molar-refractivity contribution is 7.89. The minimum Gasteiger partial charge on any atom is -0.361 e. The first-order valence-corrected chi connectivity index (χ1v) is 9.82. The Hall–Kier alpha value is -2.64. The van der Waals surface area contributed by atoms with Crippen LogP contribution in [-0.4, -0.2) is 32.4 Å². The van der Waals surface area contributed by atoms with E-state index in [0.29, 0.717) is 0 Å². The number of aromatic nitrogens is 1. The first-order valence-electron chi connectivity index (χ1n) is 8.34. The molecule has 0 bridgehead atoms. The molecule has 1 aromatic heterocycles. The molecule has 0 spiro atoms. The lowest BCUT2D eigenvalue weighted by molar-refractivity contribution is -0.120. The van der Waals surface area contributed by atoms with E-state index >= 15 is 0 Å². The molecule has 7 heteroatoms. The van der Waals surface area contributed by atoms with Crippen LogP contribution >= 0.6 is 0 Å². The number of para-hydroxylation sites is 1. The van der Waals surface area contributed by atoms with Gasteiger partial charge in [-0.05, 0) is 30.7 Å². The Morgan fingerprint density at radius 2 is 1.77 bits per heavy atom. The monoisotopic (exact) mass is 371 g/mol. The SMILES string of the molecule is Cc1ccc(S(=O)(=O)NCCNC(=O)Cc2c[nH]c3ccccc23)cc1. The van der Waals surface area contributed by atoms with Crippen LogP contribution in [0.1, 0.15) is 11.1 Å². The number of hydrogen-bond donors (Lipinski definition) is 3. The van der Waals surface area contributed by atoms with Crippen LogP contribution < -0.4 is 10.0 Å². The molecule has 3 rings (SSSR count). The number of carbonyl (C=O) groups excluding carboxylic acids is 1.